The highest BCUT2D eigenvalue weighted by Crippen LogP contribution is 2.26. The minimum atomic E-state index is -0.805. The van der Waals surface area contributed by atoms with Crippen LogP contribution in [0.25, 0.3) is 5.65 Å². The topological polar surface area (TPSA) is 66.7 Å². The number of halogens is 1. The summed E-state index contributed by atoms with van der Waals surface area (Å²) in [5.41, 5.74) is 2.28. The van der Waals surface area contributed by atoms with Crippen molar-refractivity contribution in [2.45, 2.75) is 13.0 Å². The molecule has 6 nitrogen and oxygen atoms in total. The molecule has 1 saturated heterocycles. The first-order valence-electron chi connectivity index (χ1n) is 8.34. The van der Waals surface area contributed by atoms with Crippen LogP contribution in [0.1, 0.15) is 27.8 Å². The van der Waals surface area contributed by atoms with Crippen molar-refractivity contribution >= 4 is 17.5 Å². The van der Waals surface area contributed by atoms with Gasteiger partial charge in [0.1, 0.15) is 23.2 Å². The van der Waals surface area contributed by atoms with Gasteiger partial charge in [-0.15, -0.1) is 0 Å². The number of benzene rings is 1. The lowest BCUT2D eigenvalue weighted by Crippen LogP contribution is -2.52. The first kappa shape index (κ1) is 16.3. The van der Waals surface area contributed by atoms with E-state index in [1.54, 1.807) is 0 Å². The van der Waals surface area contributed by atoms with Crippen molar-refractivity contribution in [2.75, 3.05) is 13.1 Å². The number of hydrogen-bond donors (Lipinski definition) is 1. The fraction of sp³-hybridized carbons (Fsp3) is 0.211. The van der Waals surface area contributed by atoms with Crippen LogP contribution in [-0.2, 0) is 4.79 Å². The van der Waals surface area contributed by atoms with Crippen molar-refractivity contribution in [3.8, 4) is 0 Å². The van der Waals surface area contributed by atoms with Crippen LogP contribution in [0.2, 0.25) is 0 Å². The van der Waals surface area contributed by atoms with E-state index in [1.165, 1.54) is 29.2 Å². The minimum absolute atomic E-state index is 0.280. The van der Waals surface area contributed by atoms with Crippen LogP contribution in [0.4, 0.5) is 4.39 Å². The Labute approximate surface area is 149 Å². The lowest BCUT2D eigenvalue weighted by atomic mass is 10.0. The van der Waals surface area contributed by atoms with Gasteiger partial charge in [0.2, 0.25) is 5.91 Å². The molecule has 3 aromatic rings. The molecule has 1 N–H and O–H groups in total. The number of aromatic nitrogens is 2. The number of nitrogens with zero attached hydrogens (tertiary/aromatic N) is 3. The molecule has 26 heavy (non-hydrogen) atoms. The number of hydrogen-bond acceptors (Lipinski definition) is 3. The van der Waals surface area contributed by atoms with Gasteiger partial charge in [-0.3, -0.25) is 9.59 Å². The highest BCUT2D eigenvalue weighted by atomic mass is 19.1. The van der Waals surface area contributed by atoms with Gasteiger partial charge in [-0.1, -0.05) is 18.2 Å². The fourth-order valence-electron chi connectivity index (χ4n) is 3.32. The maximum Gasteiger partial charge on any atom is 0.275 e. The van der Waals surface area contributed by atoms with Gasteiger partial charge in [0.05, 0.1) is 5.69 Å². The zero-order valence-electron chi connectivity index (χ0n) is 14.1. The number of rotatable bonds is 2. The Bertz CT molecular complexity index is 996. The molecule has 0 spiro atoms. The SMILES string of the molecule is Cc1c(C(=O)N2CCNC(=O)C2c2ccc(F)cc2)nc2ccccn12. The maximum atomic E-state index is 13.2. The van der Waals surface area contributed by atoms with Gasteiger partial charge in [-0.2, -0.15) is 0 Å². The maximum absolute atomic E-state index is 13.2. The van der Waals surface area contributed by atoms with Gasteiger partial charge in [-0.25, -0.2) is 9.37 Å². The second kappa shape index (κ2) is 6.25. The molecule has 0 aliphatic carbocycles. The van der Waals surface area contributed by atoms with E-state index < -0.39 is 6.04 Å². The molecule has 1 atom stereocenters. The van der Waals surface area contributed by atoms with Crippen molar-refractivity contribution in [3.05, 3.63) is 71.4 Å². The summed E-state index contributed by atoms with van der Waals surface area (Å²) in [4.78, 5) is 31.6. The van der Waals surface area contributed by atoms with Crippen molar-refractivity contribution in [3.63, 3.8) is 0 Å². The molecule has 4 rings (SSSR count). The number of fused-ring (bicyclic) bond motifs is 1. The van der Waals surface area contributed by atoms with E-state index in [1.807, 2.05) is 35.7 Å². The lowest BCUT2D eigenvalue weighted by molar-refractivity contribution is -0.128. The number of carbonyl (C=O) groups is 2. The number of piperazine rings is 1. The molecular weight excluding hydrogens is 335 g/mol. The zero-order valence-corrected chi connectivity index (χ0v) is 14.1. The molecule has 2 amide bonds. The first-order chi connectivity index (χ1) is 12.6. The predicted molar refractivity (Wildman–Crippen MR) is 93.1 cm³/mol. The normalized spacial score (nSPS) is 17.4. The largest absolute Gasteiger partial charge is 0.352 e. The molecule has 1 aliphatic heterocycles. The summed E-state index contributed by atoms with van der Waals surface area (Å²) in [6, 6.07) is 10.4. The highest BCUT2D eigenvalue weighted by molar-refractivity contribution is 5.98. The predicted octanol–water partition coefficient (Wildman–Crippen LogP) is 2.10. The number of amides is 2. The quantitative estimate of drug-likeness (QED) is 0.768. The molecule has 1 aromatic carbocycles. The third-order valence-electron chi connectivity index (χ3n) is 4.63. The second-order valence-electron chi connectivity index (χ2n) is 6.22. The van der Waals surface area contributed by atoms with Crippen LogP contribution >= 0.6 is 0 Å². The van der Waals surface area contributed by atoms with E-state index >= 15 is 0 Å². The Balaban J connectivity index is 1.75. The third-order valence-corrected chi connectivity index (χ3v) is 4.63. The summed E-state index contributed by atoms with van der Waals surface area (Å²) in [6.45, 7) is 2.55. The minimum Gasteiger partial charge on any atom is -0.352 e. The molecule has 0 radical (unpaired) electrons. The lowest BCUT2D eigenvalue weighted by Gasteiger charge is -2.35. The summed E-state index contributed by atoms with van der Waals surface area (Å²) >= 11 is 0. The zero-order chi connectivity index (χ0) is 18.3. The standard InChI is InChI=1S/C19H17FN4O2/c1-12-16(22-15-4-2-3-10-23(12)15)19(26)24-11-9-21-18(25)17(24)13-5-7-14(20)8-6-13/h2-8,10,17H,9,11H2,1H3,(H,21,25). The van der Waals surface area contributed by atoms with E-state index in [0.717, 1.165) is 5.69 Å². The van der Waals surface area contributed by atoms with Crippen LogP contribution in [0, 0.1) is 12.7 Å². The van der Waals surface area contributed by atoms with Crippen LogP contribution < -0.4 is 5.32 Å². The van der Waals surface area contributed by atoms with Crippen molar-refractivity contribution in [1.82, 2.24) is 19.6 Å². The Morgan fingerprint density at radius 3 is 2.73 bits per heavy atom. The van der Waals surface area contributed by atoms with Gasteiger partial charge in [0, 0.05) is 19.3 Å². The second-order valence-corrected chi connectivity index (χ2v) is 6.22. The first-order valence-corrected chi connectivity index (χ1v) is 8.34. The summed E-state index contributed by atoms with van der Waals surface area (Å²) in [5.74, 6) is -0.980. The van der Waals surface area contributed by atoms with Crippen LogP contribution in [0.15, 0.2) is 48.7 Å². The molecule has 7 heteroatoms. The number of pyridine rings is 1. The molecular formula is C19H17FN4O2. The van der Waals surface area contributed by atoms with Crippen LogP contribution in [0.3, 0.4) is 0 Å². The van der Waals surface area contributed by atoms with E-state index in [4.69, 9.17) is 0 Å². The summed E-state index contributed by atoms with van der Waals surface area (Å²) in [5, 5.41) is 2.77. The van der Waals surface area contributed by atoms with E-state index in [-0.39, 0.29) is 17.6 Å². The summed E-state index contributed by atoms with van der Waals surface area (Å²) in [6.07, 6.45) is 1.84. The molecule has 2 aromatic heterocycles. The molecule has 3 heterocycles. The van der Waals surface area contributed by atoms with E-state index in [2.05, 4.69) is 10.3 Å². The van der Waals surface area contributed by atoms with E-state index in [0.29, 0.717) is 30.0 Å². The Kier molecular flexibility index (Phi) is 3.91. The molecule has 0 saturated carbocycles. The number of imidazole rings is 1. The van der Waals surface area contributed by atoms with Gasteiger partial charge < -0.3 is 14.6 Å². The molecule has 0 bridgehead atoms. The Morgan fingerprint density at radius 2 is 2.00 bits per heavy atom. The van der Waals surface area contributed by atoms with Crippen LogP contribution in [-0.4, -0.2) is 39.2 Å². The fourth-order valence-corrected chi connectivity index (χ4v) is 3.32. The highest BCUT2D eigenvalue weighted by Gasteiger charge is 2.36. The molecule has 1 fully saturated rings. The molecule has 1 aliphatic rings. The third kappa shape index (κ3) is 2.61. The number of nitrogens with one attached hydrogen (secondary N) is 1. The van der Waals surface area contributed by atoms with Crippen molar-refractivity contribution < 1.29 is 14.0 Å². The van der Waals surface area contributed by atoms with Crippen LogP contribution in [0.5, 0.6) is 0 Å². The van der Waals surface area contributed by atoms with Gasteiger partial charge >= 0.3 is 0 Å². The monoisotopic (exact) mass is 352 g/mol. The summed E-state index contributed by atoms with van der Waals surface area (Å²) in [7, 11) is 0. The smallest absolute Gasteiger partial charge is 0.275 e. The number of carbonyl (C=O) groups excluding carboxylic acids is 2. The molecule has 132 valence electrons. The van der Waals surface area contributed by atoms with Crippen molar-refractivity contribution in [2.24, 2.45) is 0 Å². The van der Waals surface area contributed by atoms with Crippen molar-refractivity contribution in [1.29, 1.82) is 0 Å². The average Bonchev–Trinajstić information content (AvgIpc) is 2.99. The molecule has 1 unspecified atom stereocenters. The summed E-state index contributed by atoms with van der Waals surface area (Å²) < 4.78 is 15.1. The van der Waals surface area contributed by atoms with Gasteiger partial charge in [0.15, 0.2) is 0 Å². The Morgan fingerprint density at radius 1 is 1.23 bits per heavy atom. The van der Waals surface area contributed by atoms with Gasteiger partial charge in [0.25, 0.3) is 5.91 Å². The Hall–Kier alpha value is -3.22. The van der Waals surface area contributed by atoms with E-state index in [9.17, 15) is 14.0 Å². The number of aryl methyl sites for hydroxylation is 1. The van der Waals surface area contributed by atoms with Gasteiger partial charge in [-0.05, 0) is 36.8 Å². The average molecular weight is 352 g/mol.